The Morgan fingerprint density at radius 3 is 2.33 bits per heavy atom. The third-order valence-corrected chi connectivity index (χ3v) is 3.98. The summed E-state index contributed by atoms with van der Waals surface area (Å²) in [6.07, 6.45) is 1.97. The van der Waals surface area contributed by atoms with Crippen molar-refractivity contribution in [3.8, 4) is 10.6 Å². The molecule has 0 amide bonds. The molecule has 0 saturated heterocycles. The highest BCUT2D eigenvalue weighted by Gasteiger charge is 2.17. The Bertz CT molecular complexity index is 512. The Hall–Kier alpha value is -1.29. The van der Waals surface area contributed by atoms with Gasteiger partial charge in [0.05, 0.1) is 11.3 Å². The fourth-order valence-corrected chi connectivity index (χ4v) is 2.95. The molecule has 4 heteroatoms. The number of hydrogen-bond donors (Lipinski definition) is 0. The third kappa shape index (κ3) is 2.43. The van der Waals surface area contributed by atoms with Crippen LogP contribution in [0.2, 0.25) is 0 Å². The first-order valence-electron chi connectivity index (χ1n) is 6.07. The van der Waals surface area contributed by atoms with Gasteiger partial charge in [-0.1, -0.05) is 19.9 Å². The number of benzene rings is 1. The van der Waals surface area contributed by atoms with Crippen LogP contribution in [0.25, 0.3) is 10.6 Å². The lowest BCUT2D eigenvalue weighted by molar-refractivity contribution is 0.588. The summed E-state index contributed by atoms with van der Waals surface area (Å²) in [5.74, 6) is -0.745. The van der Waals surface area contributed by atoms with Gasteiger partial charge in [0.2, 0.25) is 0 Å². The van der Waals surface area contributed by atoms with E-state index in [1.165, 1.54) is 29.5 Å². The van der Waals surface area contributed by atoms with Crippen LogP contribution in [0.15, 0.2) is 23.6 Å². The van der Waals surface area contributed by atoms with Crippen LogP contribution in [0.4, 0.5) is 8.78 Å². The van der Waals surface area contributed by atoms with Crippen LogP contribution in [0.3, 0.4) is 0 Å². The van der Waals surface area contributed by atoms with Gasteiger partial charge in [-0.25, -0.2) is 13.8 Å². The summed E-state index contributed by atoms with van der Waals surface area (Å²) in [4.78, 5) is 4.38. The van der Waals surface area contributed by atoms with Crippen molar-refractivity contribution in [2.45, 2.75) is 32.6 Å². The number of thiazole rings is 1. The Kier molecular flexibility index (Phi) is 4.07. The number of aromatic nitrogens is 1. The van der Waals surface area contributed by atoms with Crippen molar-refractivity contribution in [1.29, 1.82) is 0 Å². The molecule has 1 aromatic carbocycles. The molecule has 0 aliphatic heterocycles. The average Bonchev–Trinajstić information content (AvgIpc) is 2.80. The minimum absolute atomic E-state index is 0.0142. The summed E-state index contributed by atoms with van der Waals surface area (Å²) >= 11 is 1.30. The van der Waals surface area contributed by atoms with Crippen LogP contribution >= 0.6 is 11.3 Å². The molecule has 0 spiro atoms. The number of hydrogen-bond acceptors (Lipinski definition) is 2. The highest BCUT2D eigenvalue weighted by atomic mass is 32.1. The lowest BCUT2D eigenvalue weighted by Crippen LogP contribution is -1.96. The first-order chi connectivity index (χ1) is 8.67. The molecule has 2 aromatic rings. The number of rotatable bonds is 4. The molecule has 0 unspecified atom stereocenters. The molecule has 96 valence electrons. The minimum Gasteiger partial charge on any atom is -0.241 e. The minimum atomic E-state index is -0.555. The quantitative estimate of drug-likeness (QED) is 0.760. The number of halogens is 2. The van der Waals surface area contributed by atoms with Crippen LogP contribution in [-0.4, -0.2) is 4.98 Å². The van der Waals surface area contributed by atoms with Gasteiger partial charge in [-0.3, -0.25) is 0 Å². The molecule has 2 rings (SSSR count). The molecule has 0 radical (unpaired) electrons. The van der Waals surface area contributed by atoms with Gasteiger partial charge in [0.15, 0.2) is 0 Å². The molecule has 0 bridgehead atoms. The highest BCUT2D eigenvalue weighted by molar-refractivity contribution is 7.13. The standard InChI is InChI=1S/C14H15F2NS/c1-3-9(4-2)12-8-18-14(17-12)13-10(15)6-5-7-11(13)16/h5-9H,3-4H2,1-2H3. The molecular weight excluding hydrogens is 252 g/mol. The van der Waals surface area contributed by atoms with Gasteiger partial charge in [-0.05, 0) is 25.0 Å². The van der Waals surface area contributed by atoms with E-state index < -0.39 is 11.6 Å². The Balaban J connectivity index is 2.41. The average molecular weight is 267 g/mol. The van der Waals surface area contributed by atoms with Crippen molar-refractivity contribution in [2.75, 3.05) is 0 Å². The van der Waals surface area contributed by atoms with E-state index in [-0.39, 0.29) is 5.56 Å². The topological polar surface area (TPSA) is 12.9 Å². The van der Waals surface area contributed by atoms with Crippen molar-refractivity contribution >= 4 is 11.3 Å². The molecule has 0 fully saturated rings. The molecule has 0 aliphatic rings. The Morgan fingerprint density at radius 1 is 1.17 bits per heavy atom. The largest absolute Gasteiger partial charge is 0.241 e. The van der Waals surface area contributed by atoms with E-state index in [1.807, 2.05) is 5.38 Å². The van der Waals surface area contributed by atoms with Gasteiger partial charge in [0.1, 0.15) is 16.6 Å². The van der Waals surface area contributed by atoms with E-state index >= 15 is 0 Å². The van der Waals surface area contributed by atoms with Gasteiger partial charge < -0.3 is 0 Å². The number of nitrogens with zero attached hydrogens (tertiary/aromatic N) is 1. The Morgan fingerprint density at radius 2 is 1.78 bits per heavy atom. The van der Waals surface area contributed by atoms with Gasteiger partial charge in [0, 0.05) is 11.3 Å². The summed E-state index contributed by atoms with van der Waals surface area (Å²) in [6.45, 7) is 4.19. The maximum atomic E-state index is 13.6. The smallest absolute Gasteiger partial charge is 0.136 e. The second kappa shape index (κ2) is 5.57. The van der Waals surface area contributed by atoms with Gasteiger partial charge >= 0.3 is 0 Å². The SMILES string of the molecule is CCC(CC)c1csc(-c2c(F)cccc2F)n1. The first kappa shape index (κ1) is 13.1. The van der Waals surface area contributed by atoms with Gasteiger partial charge in [0.25, 0.3) is 0 Å². The lowest BCUT2D eigenvalue weighted by atomic mass is 10.0. The van der Waals surface area contributed by atoms with Crippen LogP contribution < -0.4 is 0 Å². The predicted molar refractivity (Wildman–Crippen MR) is 70.8 cm³/mol. The van der Waals surface area contributed by atoms with Crippen molar-refractivity contribution in [1.82, 2.24) is 4.98 Å². The van der Waals surface area contributed by atoms with Crippen molar-refractivity contribution in [2.24, 2.45) is 0 Å². The Labute approximate surface area is 110 Å². The van der Waals surface area contributed by atoms with E-state index in [9.17, 15) is 8.78 Å². The summed E-state index contributed by atoms with van der Waals surface area (Å²) in [7, 11) is 0. The van der Waals surface area contributed by atoms with E-state index in [4.69, 9.17) is 0 Å². The fraction of sp³-hybridized carbons (Fsp3) is 0.357. The molecule has 1 aromatic heterocycles. The zero-order chi connectivity index (χ0) is 13.1. The third-order valence-electron chi connectivity index (χ3n) is 3.10. The molecule has 0 saturated carbocycles. The van der Waals surface area contributed by atoms with Crippen LogP contribution in [0.5, 0.6) is 0 Å². The summed E-state index contributed by atoms with van der Waals surface area (Å²) in [5, 5.41) is 2.33. The predicted octanol–water partition coefficient (Wildman–Crippen LogP) is 4.99. The summed E-state index contributed by atoms with van der Waals surface area (Å²) in [6, 6.07) is 3.89. The summed E-state index contributed by atoms with van der Waals surface area (Å²) in [5.41, 5.74) is 0.919. The van der Waals surface area contributed by atoms with Gasteiger partial charge in [-0.15, -0.1) is 11.3 Å². The maximum Gasteiger partial charge on any atom is 0.136 e. The van der Waals surface area contributed by atoms with E-state index in [1.54, 1.807) is 0 Å². The normalized spacial score (nSPS) is 11.2. The monoisotopic (exact) mass is 267 g/mol. The fourth-order valence-electron chi connectivity index (χ4n) is 2.00. The van der Waals surface area contributed by atoms with Crippen LogP contribution in [0.1, 0.15) is 38.3 Å². The molecule has 0 N–H and O–H groups in total. The van der Waals surface area contributed by atoms with Crippen molar-refractivity contribution < 1.29 is 8.78 Å². The van der Waals surface area contributed by atoms with Crippen molar-refractivity contribution in [3.05, 3.63) is 40.9 Å². The summed E-state index contributed by atoms with van der Waals surface area (Å²) < 4.78 is 27.3. The molecule has 0 atom stereocenters. The van der Waals surface area contributed by atoms with Crippen LogP contribution in [0, 0.1) is 11.6 Å². The van der Waals surface area contributed by atoms with E-state index in [0.717, 1.165) is 18.5 Å². The second-order valence-corrected chi connectivity index (χ2v) is 5.05. The van der Waals surface area contributed by atoms with Crippen LogP contribution in [-0.2, 0) is 0 Å². The molecule has 1 nitrogen and oxygen atoms in total. The zero-order valence-electron chi connectivity index (χ0n) is 10.4. The molecule has 18 heavy (non-hydrogen) atoms. The second-order valence-electron chi connectivity index (χ2n) is 4.19. The van der Waals surface area contributed by atoms with E-state index in [2.05, 4.69) is 18.8 Å². The molecule has 1 heterocycles. The lowest BCUT2D eigenvalue weighted by Gasteiger charge is -2.07. The van der Waals surface area contributed by atoms with E-state index in [0.29, 0.717) is 10.9 Å². The van der Waals surface area contributed by atoms with Crippen molar-refractivity contribution in [3.63, 3.8) is 0 Å². The zero-order valence-corrected chi connectivity index (χ0v) is 11.2. The van der Waals surface area contributed by atoms with Gasteiger partial charge in [-0.2, -0.15) is 0 Å². The molecular formula is C14H15F2NS. The molecule has 0 aliphatic carbocycles. The first-order valence-corrected chi connectivity index (χ1v) is 6.95. The highest BCUT2D eigenvalue weighted by Crippen LogP contribution is 2.32. The maximum absolute atomic E-state index is 13.6.